The number of aromatic nitrogens is 1. The van der Waals surface area contributed by atoms with Gasteiger partial charge in [-0.1, -0.05) is 25.4 Å². The topological polar surface area (TPSA) is 135 Å². The number of nitrogens with one attached hydrogen (secondary N) is 1. The molecule has 51 heavy (non-hydrogen) atoms. The minimum absolute atomic E-state index is 0.0202. The molecule has 13 heteroatoms. The molecule has 1 aromatic heterocycles. The van der Waals surface area contributed by atoms with Crippen molar-refractivity contribution >= 4 is 29.4 Å². The van der Waals surface area contributed by atoms with Gasteiger partial charge in [0.15, 0.2) is 0 Å². The maximum absolute atomic E-state index is 15.1. The van der Waals surface area contributed by atoms with Crippen LogP contribution in [0, 0.1) is 37.9 Å². The third kappa shape index (κ3) is 10.0. The van der Waals surface area contributed by atoms with Crippen molar-refractivity contribution in [3.63, 3.8) is 0 Å². The van der Waals surface area contributed by atoms with E-state index in [0.29, 0.717) is 49.1 Å². The van der Waals surface area contributed by atoms with E-state index in [0.717, 1.165) is 22.3 Å². The lowest BCUT2D eigenvalue weighted by Gasteiger charge is -2.58. The molecule has 2 fully saturated rings. The monoisotopic (exact) mass is 730 g/mol. The lowest BCUT2D eigenvalue weighted by molar-refractivity contribution is -0.213. The summed E-state index contributed by atoms with van der Waals surface area (Å²) in [6.07, 6.45) is 2.11. The number of nitrogens with two attached hydrogens (primary N) is 1. The summed E-state index contributed by atoms with van der Waals surface area (Å²) < 4.78 is 42.3. The molecule has 0 bridgehead atoms. The number of carbonyl (C=O) groups is 3. The molecule has 1 saturated carbocycles. The molecule has 2 aromatic carbocycles. The fourth-order valence-electron chi connectivity index (χ4n) is 7.14. The quantitative estimate of drug-likeness (QED) is 0.187. The highest BCUT2D eigenvalue weighted by Crippen LogP contribution is 2.56. The first-order valence-corrected chi connectivity index (χ1v) is 17.4. The molecular weight excluding hydrogens is 685 g/mol. The molecule has 3 aromatic rings. The predicted molar refractivity (Wildman–Crippen MR) is 191 cm³/mol. The van der Waals surface area contributed by atoms with Crippen molar-refractivity contribution in [1.29, 1.82) is 0 Å². The summed E-state index contributed by atoms with van der Waals surface area (Å²) in [5.41, 5.74) is 8.62. The largest absolute Gasteiger partial charge is 0.481 e. The molecule has 0 radical (unpaired) electrons. The van der Waals surface area contributed by atoms with E-state index in [-0.39, 0.29) is 41.7 Å². The van der Waals surface area contributed by atoms with Crippen LogP contribution >= 0.6 is 11.6 Å². The highest BCUT2D eigenvalue weighted by molar-refractivity contribution is 6.30. The van der Waals surface area contributed by atoms with Gasteiger partial charge in [0.05, 0.1) is 12.5 Å². The molecule has 9 nitrogen and oxygen atoms in total. The summed E-state index contributed by atoms with van der Waals surface area (Å²) in [6, 6.07) is 9.10. The minimum atomic E-state index is -2.49. The molecule has 2 aliphatic rings. The highest BCUT2D eigenvalue weighted by Gasteiger charge is 2.61. The van der Waals surface area contributed by atoms with Gasteiger partial charge in [-0.15, -0.1) is 0 Å². The second-order valence-corrected chi connectivity index (χ2v) is 14.9. The molecule has 1 aliphatic heterocycles. The highest BCUT2D eigenvalue weighted by atomic mass is 35.5. The SMILES string of the molecule is Cc1cc(-c2c(C)cc(Cl)cc2C)cc([C@H](CC(=O)O)NC(=O)CCC(C)C)c1F.NC(=O)c1cccn(CCN2CC3(C2)CC(F)(F)C3)c1=O. The third-order valence-electron chi connectivity index (χ3n) is 9.43. The summed E-state index contributed by atoms with van der Waals surface area (Å²) in [5.74, 6) is -4.78. The van der Waals surface area contributed by atoms with Gasteiger partial charge in [0.2, 0.25) is 11.8 Å². The van der Waals surface area contributed by atoms with Crippen molar-refractivity contribution in [1.82, 2.24) is 14.8 Å². The molecule has 4 N–H and O–H groups in total. The van der Waals surface area contributed by atoms with Crippen molar-refractivity contribution in [2.24, 2.45) is 17.1 Å². The van der Waals surface area contributed by atoms with Gasteiger partial charge >= 0.3 is 5.97 Å². The maximum Gasteiger partial charge on any atom is 0.305 e. The second-order valence-electron chi connectivity index (χ2n) is 14.5. The number of hydrogen-bond donors (Lipinski definition) is 3. The van der Waals surface area contributed by atoms with Gasteiger partial charge in [-0.25, -0.2) is 13.2 Å². The van der Waals surface area contributed by atoms with Crippen LogP contribution in [-0.2, 0) is 16.1 Å². The lowest BCUT2D eigenvalue weighted by atomic mass is 9.61. The summed E-state index contributed by atoms with van der Waals surface area (Å²) in [5, 5.41) is 12.7. The Morgan fingerprint density at radius 1 is 1.02 bits per heavy atom. The van der Waals surface area contributed by atoms with Crippen LogP contribution in [-0.4, -0.2) is 57.9 Å². The number of carboxylic acid groups (broad SMARTS) is 1. The van der Waals surface area contributed by atoms with E-state index in [1.807, 2.05) is 39.8 Å². The van der Waals surface area contributed by atoms with Gasteiger partial charge in [0.25, 0.3) is 11.5 Å². The summed E-state index contributed by atoms with van der Waals surface area (Å²) >= 11 is 6.14. The Morgan fingerprint density at radius 2 is 1.65 bits per heavy atom. The van der Waals surface area contributed by atoms with E-state index < -0.39 is 41.6 Å². The molecule has 5 rings (SSSR count). The third-order valence-corrected chi connectivity index (χ3v) is 9.65. The summed E-state index contributed by atoms with van der Waals surface area (Å²) in [4.78, 5) is 48.9. The van der Waals surface area contributed by atoms with E-state index in [4.69, 9.17) is 17.3 Å². The van der Waals surface area contributed by atoms with Crippen LogP contribution in [0.2, 0.25) is 5.02 Å². The van der Waals surface area contributed by atoms with E-state index in [9.17, 15) is 33.1 Å². The van der Waals surface area contributed by atoms with Crippen LogP contribution in [0.15, 0.2) is 47.4 Å². The zero-order valence-electron chi connectivity index (χ0n) is 29.6. The summed E-state index contributed by atoms with van der Waals surface area (Å²) in [7, 11) is 0. The van der Waals surface area contributed by atoms with E-state index in [2.05, 4.69) is 10.2 Å². The fraction of sp³-hybridized carbons (Fsp3) is 0.474. The first kappa shape index (κ1) is 39.6. The number of halogens is 4. The number of rotatable bonds is 12. The number of pyridine rings is 1. The number of carboxylic acids is 1. The fourth-order valence-corrected chi connectivity index (χ4v) is 7.47. The van der Waals surface area contributed by atoms with Gasteiger partial charge in [-0.3, -0.25) is 19.2 Å². The van der Waals surface area contributed by atoms with Crippen molar-refractivity contribution in [2.75, 3.05) is 19.6 Å². The number of amides is 2. The number of carbonyl (C=O) groups excluding carboxylic acids is 2. The number of benzene rings is 2. The van der Waals surface area contributed by atoms with Crippen molar-refractivity contribution in [3.8, 4) is 11.1 Å². The Morgan fingerprint density at radius 3 is 2.20 bits per heavy atom. The zero-order valence-corrected chi connectivity index (χ0v) is 30.4. The second kappa shape index (κ2) is 16.0. The van der Waals surface area contributed by atoms with Gasteiger partial charge < -0.3 is 25.6 Å². The van der Waals surface area contributed by atoms with Crippen molar-refractivity contribution < 1.29 is 32.7 Å². The number of primary amides is 1. The van der Waals surface area contributed by atoms with Crippen LogP contribution in [0.1, 0.15) is 84.6 Å². The van der Waals surface area contributed by atoms with Gasteiger partial charge in [0.1, 0.15) is 11.4 Å². The van der Waals surface area contributed by atoms with Gasteiger partial charge in [0, 0.05) is 67.6 Å². The Kier molecular flexibility index (Phi) is 12.4. The van der Waals surface area contributed by atoms with E-state index in [1.165, 1.54) is 10.6 Å². The molecule has 2 amide bonds. The van der Waals surface area contributed by atoms with Crippen LogP contribution < -0.4 is 16.6 Å². The molecule has 2 heterocycles. The Balaban J connectivity index is 0.000000242. The minimum Gasteiger partial charge on any atom is -0.481 e. The molecule has 1 atom stereocenters. The maximum atomic E-state index is 15.1. The Labute approximate surface area is 301 Å². The van der Waals surface area contributed by atoms with Crippen molar-refractivity contribution in [3.05, 3.63) is 91.6 Å². The summed E-state index contributed by atoms with van der Waals surface area (Å²) in [6.45, 7) is 11.9. The standard InChI is InChI=1S/C24H29ClFNO3.C14H17F2N3O2/c1-13(2)6-7-21(28)27-20(12-22(29)30)19-11-17(8-16(5)24(19)26)23-14(3)9-18(25)10-15(23)4;15-14(16)6-13(7-14)8-18(9-13)4-5-19-3-1-2-10(11(17)20)12(19)21/h8-11,13,20H,6-7,12H2,1-5H3,(H,27,28)(H,29,30);1-3H,4-9H2,(H2,17,20)/t20-;/m0./s1. The number of alkyl halides is 2. The number of hydrogen-bond acceptors (Lipinski definition) is 5. The average Bonchev–Trinajstić information content (AvgIpc) is 2.98. The van der Waals surface area contributed by atoms with Gasteiger partial charge in [-0.2, -0.15) is 0 Å². The van der Waals surface area contributed by atoms with Crippen molar-refractivity contribution in [2.45, 2.75) is 85.2 Å². The molecule has 1 saturated heterocycles. The number of aryl methyl sites for hydroxylation is 3. The molecule has 1 aliphatic carbocycles. The van der Waals surface area contributed by atoms with Crippen LogP contribution in [0.25, 0.3) is 11.1 Å². The molecular formula is C38H46ClF3N4O5. The number of aliphatic carboxylic acids is 1. The van der Waals surface area contributed by atoms with Crippen LogP contribution in [0.3, 0.4) is 0 Å². The number of likely N-dealkylation sites (tertiary alicyclic amines) is 1. The Bertz CT molecular complexity index is 1820. The van der Waals surface area contributed by atoms with Crippen LogP contribution in [0.4, 0.5) is 13.2 Å². The smallest absolute Gasteiger partial charge is 0.305 e. The first-order chi connectivity index (χ1) is 23.8. The molecule has 276 valence electrons. The molecule has 0 unspecified atom stereocenters. The average molecular weight is 731 g/mol. The normalized spacial score (nSPS) is 16.4. The van der Waals surface area contributed by atoms with Gasteiger partial charge in [-0.05, 0) is 97.3 Å². The Hall–Kier alpha value is -4.16. The van der Waals surface area contributed by atoms with E-state index in [1.54, 1.807) is 31.3 Å². The predicted octanol–water partition coefficient (Wildman–Crippen LogP) is 6.82. The number of nitrogens with zero attached hydrogens (tertiary/aromatic N) is 2. The zero-order chi connectivity index (χ0) is 37.8. The van der Waals surface area contributed by atoms with E-state index >= 15 is 4.39 Å². The first-order valence-electron chi connectivity index (χ1n) is 17.0. The lowest BCUT2D eigenvalue weighted by Crippen LogP contribution is -2.66. The molecule has 1 spiro atoms. The van der Waals surface area contributed by atoms with Crippen LogP contribution in [0.5, 0.6) is 0 Å².